The van der Waals surface area contributed by atoms with Crippen molar-refractivity contribution in [1.82, 2.24) is 4.90 Å². The number of aliphatic hydroxyl groups is 1. The SMILES string of the molecule is C=C(CSc1ccccc1)CC1CC(=O)N1CO. The lowest BCUT2D eigenvalue weighted by Gasteiger charge is -2.39. The van der Waals surface area contributed by atoms with Gasteiger partial charge in [0.2, 0.25) is 5.91 Å². The van der Waals surface area contributed by atoms with Crippen LogP contribution in [0.4, 0.5) is 0 Å². The van der Waals surface area contributed by atoms with Gasteiger partial charge >= 0.3 is 0 Å². The first kappa shape index (κ1) is 13.2. The molecule has 1 unspecified atom stereocenters. The van der Waals surface area contributed by atoms with Gasteiger partial charge in [0.15, 0.2) is 0 Å². The molecule has 0 bridgehead atoms. The zero-order chi connectivity index (χ0) is 13.0. The summed E-state index contributed by atoms with van der Waals surface area (Å²) in [6.45, 7) is 3.87. The molecule has 1 atom stereocenters. The lowest BCUT2D eigenvalue weighted by Crippen LogP contribution is -2.52. The van der Waals surface area contributed by atoms with E-state index in [1.165, 1.54) is 9.80 Å². The maximum atomic E-state index is 11.2. The molecule has 0 aliphatic carbocycles. The van der Waals surface area contributed by atoms with Gasteiger partial charge in [0, 0.05) is 23.1 Å². The Labute approximate surface area is 111 Å². The molecule has 1 aliphatic rings. The van der Waals surface area contributed by atoms with E-state index in [1.54, 1.807) is 11.8 Å². The van der Waals surface area contributed by atoms with Crippen molar-refractivity contribution in [1.29, 1.82) is 0 Å². The number of amides is 1. The fourth-order valence-electron chi connectivity index (χ4n) is 1.99. The molecular formula is C14H17NO2S. The average Bonchev–Trinajstić information content (AvgIpc) is 2.37. The van der Waals surface area contributed by atoms with E-state index in [0.717, 1.165) is 17.7 Å². The Morgan fingerprint density at radius 1 is 1.44 bits per heavy atom. The van der Waals surface area contributed by atoms with E-state index in [0.29, 0.717) is 6.42 Å². The van der Waals surface area contributed by atoms with Gasteiger partial charge in [0.1, 0.15) is 6.73 Å². The molecule has 0 saturated carbocycles. The molecule has 1 aliphatic heterocycles. The molecule has 2 rings (SSSR count). The molecule has 1 aromatic carbocycles. The minimum absolute atomic E-state index is 0.0333. The minimum atomic E-state index is -0.178. The topological polar surface area (TPSA) is 40.5 Å². The highest BCUT2D eigenvalue weighted by Crippen LogP contribution is 2.27. The van der Waals surface area contributed by atoms with Crippen LogP contribution in [0.3, 0.4) is 0 Å². The number of carbonyl (C=O) groups is 1. The predicted octanol–water partition coefficient (Wildman–Crippen LogP) is 2.28. The Hall–Kier alpha value is -1.26. The second-order valence-electron chi connectivity index (χ2n) is 4.42. The second-order valence-corrected chi connectivity index (χ2v) is 5.47. The number of benzene rings is 1. The smallest absolute Gasteiger partial charge is 0.226 e. The van der Waals surface area contributed by atoms with Gasteiger partial charge in [-0.3, -0.25) is 4.79 Å². The van der Waals surface area contributed by atoms with Crippen molar-refractivity contribution in [2.45, 2.75) is 23.8 Å². The number of thioether (sulfide) groups is 1. The second kappa shape index (κ2) is 6.07. The minimum Gasteiger partial charge on any atom is -0.376 e. The number of carbonyl (C=O) groups excluding carboxylic acids is 1. The van der Waals surface area contributed by atoms with Gasteiger partial charge in [0.25, 0.3) is 0 Å². The highest BCUT2D eigenvalue weighted by Gasteiger charge is 2.35. The Morgan fingerprint density at radius 3 is 2.78 bits per heavy atom. The molecular weight excluding hydrogens is 246 g/mol. The van der Waals surface area contributed by atoms with Gasteiger partial charge < -0.3 is 10.0 Å². The number of nitrogens with zero attached hydrogens (tertiary/aromatic N) is 1. The van der Waals surface area contributed by atoms with Crippen LogP contribution < -0.4 is 0 Å². The number of hydrogen-bond donors (Lipinski definition) is 1. The van der Waals surface area contributed by atoms with Crippen LogP contribution in [0.25, 0.3) is 0 Å². The van der Waals surface area contributed by atoms with Crippen molar-refractivity contribution >= 4 is 17.7 Å². The zero-order valence-electron chi connectivity index (χ0n) is 10.2. The average molecular weight is 263 g/mol. The van der Waals surface area contributed by atoms with Gasteiger partial charge in [0.05, 0.1) is 0 Å². The predicted molar refractivity (Wildman–Crippen MR) is 73.3 cm³/mol. The van der Waals surface area contributed by atoms with Crippen LogP contribution >= 0.6 is 11.8 Å². The Bertz CT molecular complexity index is 433. The number of rotatable bonds is 6. The molecule has 1 fully saturated rings. The summed E-state index contributed by atoms with van der Waals surface area (Å²) in [7, 11) is 0. The summed E-state index contributed by atoms with van der Waals surface area (Å²) in [5.41, 5.74) is 1.11. The lowest BCUT2D eigenvalue weighted by molar-refractivity contribution is -0.151. The van der Waals surface area contributed by atoms with Gasteiger partial charge in [-0.2, -0.15) is 0 Å². The van der Waals surface area contributed by atoms with Crippen LogP contribution in [0.15, 0.2) is 47.4 Å². The summed E-state index contributed by atoms with van der Waals surface area (Å²) in [4.78, 5) is 13.9. The summed E-state index contributed by atoms with van der Waals surface area (Å²) < 4.78 is 0. The molecule has 0 spiro atoms. The van der Waals surface area contributed by atoms with Crippen molar-refractivity contribution in [3.8, 4) is 0 Å². The fraction of sp³-hybridized carbons (Fsp3) is 0.357. The Balaban J connectivity index is 1.75. The van der Waals surface area contributed by atoms with Gasteiger partial charge in [-0.15, -0.1) is 11.8 Å². The molecule has 1 aromatic rings. The molecule has 1 saturated heterocycles. The van der Waals surface area contributed by atoms with Crippen LogP contribution in [-0.2, 0) is 4.79 Å². The van der Waals surface area contributed by atoms with E-state index in [-0.39, 0.29) is 18.7 Å². The third kappa shape index (κ3) is 3.15. The number of hydrogen-bond acceptors (Lipinski definition) is 3. The number of aliphatic hydroxyl groups excluding tert-OH is 1. The van der Waals surface area contributed by atoms with Crippen LogP contribution in [0.1, 0.15) is 12.8 Å². The van der Waals surface area contributed by atoms with Crippen LogP contribution in [-0.4, -0.2) is 34.4 Å². The van der Waals surface area contributed by atoms with Gasteiger partial charge in [-0.1, -0.05) is 30.4 Å². The largest absolute Gasteiger partial charge is 0.376 e. The fourth-order valence-corrected chi connectivity index (χ4v) is 2.83. The van der Waals surface area contributed by atoms with E-state index in [4.69, 9.17) is 5.11 Å². The maximum absolute atomic E-state index is 11.2. The molecule has 0 radical (unpaired) electrons. The Morgan fingerprint density at radius 2 is 2.17 bits per heavy atom. The highest BCUT2D eigenvalue weighted by molar-refractivity contribution is 7.99. The third-order valence-corrected chi connectivity index (χ3v) is 4.19. The normalized spacial score (nSPS) is 18.6. The van der Waals surface area contributed by atoms with Crippen molar-refractivity contribution in [2.24, 2.45) is 0 Å². The van der Waals surface area contributed by atoms with Gasteiger partial charge in [-0.25, -0.2) is 0 Å². The quantitative estimate of drug-likeness (QED) is 0.486. The lowest BCUT2D eigenvalue weighted by atomic mass is 9.96. The molecule has 4 heteroatoms. The first-order valence-electron chi connectivity index (χ1n) is 5.95. The van der Waals surface area contributed by atoms with Crippen molar-refractivity contribution in [2.75, 3.05) is 12.5 Å². The van der Waals surface area contributed by atoms with Gasteiger partial charge in [-0.05, 0) is 18.6 Å². The molecule has 1 amide bonds. The molecule has 0 aromatic heterocycles. The third-order valence-electron chi connectivity index (χ3n) is 3.03. The standard InChI is InChI=1S/C14H17NO2S/c1-11(7-12-8-14(17)15(12)10-16)9-18-13-5-3-2-4-6-13/h2-6,12,16H,1,7-10H2. The van der Waals surface area contributed by atoms with Crippen LogP contribution in [0.5, 0.6) is 0 Å². The monoisotopic (exact) mass is 263 g/mol. The summed E-state index contributed by atoms with van der Waals surface area (Å²) in [6, 6.07) is 10.3. The van der Waals surface area contributed by atoms with E-state index in [2.05, 4.69) is 18.7 Å². The summed E-state index contributed by atoms with van der Waals surface area (Å²) in [6.07, 6.45) is 1.32. The van der Waals surface area contributed by atoms with Crippen LogP contribution in [0.2, 0.25) is 0 Å². The zero-order valence-corrected chi connectivity index (χ0v) is 11.0. The number of β-lactam (4-membered cyclic amide) rings is 1. The molecule has 1 heterocycles. The molecule has 96 valence electrons. The van der Waals surface area contributed by atoms with Crippen molar-refractivity contribution < 1.29 is 9.90 Å². The first-order valence-corrected chi connectivity index (χ1v) is 6.94. The Kier molecular flexibility index (Phi) is 4.44. The van der Waals surface area contributed by atoms with Crippen molar-refractivity contribution in [3.63, 3.8) is 0 Å². The van der Waals surface area contributed by atoms with E-state index < -0.39 is 0 Å². The van der Waals surface area contributed by atoms with Crippen LogP contribution in [0, 0.1) is 0 Å². The van der Waals surface area contributed by atoms with E-state index in [1.807, 2.05) is 18.2 Å². The van der Waals surface area contributed by atoms with E-state index >= 15 is 0 Å². The summed E-state index contributed by atoms with van der Waals surface area (Å²) in [5, 5.41) is 9.02. The molecule has 1 N–H and O–H groups in total. The summed E-state index contributed by atoms with van der Waals surface area (Å²) >= 11 is 1.75. The number of likely N-dealkylation sites (tertiary alicyclic amines) is 1. The first-order chi connectivity index (χ1) is 8.70. The van der Waals surface area contributed by atoms with Crippen molar-refractivity contribution in [3.05, 3.63) is 42.5 Å². The summed E-state index contributed by atoms with van der Waals surface area (Å²) in [5.74, 6) is 0.888. The highest BCUT2D eigenvalue weighted by atomic mass is 32.2. The maximum Gasteiger partial charge on any atom is 0.226 e. The van der Waals surface area contributed by atoms with E-state index in [9.17, 15) is 4.79 Å². The molecule has 18 heavy (non-hydrogen) atoms. The molecule has 3 nitrogen and oxygen atoms in total.